The topological polar surface area (TPSA) is 89.5 Å². The van der Waals surface area contributed by atoms with Gasteiger partial charge in [0.15, 0.2) is 9.84 Å². The van der Waals surface area contributed by atoms with E-state index in [1.165, 1.54) is 21.0 Å². The summed E-state index contributed by atoms with van der Waals surface area (Å²) in [4.78, 5) is 23.0. The number of carbonyl (C=O) groups is 2. The van der Waals surface area contributed by atoms with Crippen molar-refractivity contribution in [3.05, 3.63) is 0 Å². The van der Waals surface area contributed by atoms with Gasteiger partial charge in [-0.3, -0.25) is 9.59 Å². The van der Waals surface area contributed by atoms with Gasteiger partial charge in [-0.25, -0.2) is 8.42 Å². The van der Waals surface area contributed by atoms with Crippen LogP contribution < -0.4 is 5.32 Å². The van der Waals surface area contributed by atoms with Crippen molar-refractivity contribution in [1.82, 2.24) is 5.32 Å². The molecule has 1 amide bonds. The molecule has 0 saturated heterocycles. The molecule has 6 nitrogen and oxygen atoms in total. The van der Waals surface area contributed by atoms with Crippen molar-refractivity contribution >= 4 is 21.7 Å². The summed E-state index contributed by atoms with van der Waals surface area (Å²) in [5.74, 6) is -1.86. The van der Waals surface area contributed by atoms with Crippen molar-refractivity contribution in [3.8, 4) is 0 Å². The molecule has 0 fully saturated rings. The lowest BCUT2D eigenvalue weighted by Crippen LogP contribution is -2.41. The first-order chi connectivity index (χ1) is 9.11. The molecule has 0 aromatic heterocycles. The van der Waals surface area contributed by atoms with E-state index in [-0.39, 0.29) is 0 Å². The van der Waals surface area contributed by atoms with Crippen LogP contribution in [0.3, 0.4) is 0 Å². The average molecular weight is 307 g/mol. The molecule has 0 saturated carbocycles. The van der Waals surface area contributed by atoms with E-state index in [0.717, 1.165) is 6.42 Å². The third kappa shape index (κ3) is 6.36. The molecule has 0 rings (SSSR count). The number of rotatable bonds is 8. The maximum absolute atomic E-state index is 12.0. The lowest BCUT2D eigenvalue weighted by Gasteiger charge is -2.16. The van der Waals surface area contributed by atoms with E-state index in [9.17, 15) is 18.0 Å². The molecule has 0 aliphatic carbocycles. The predicted molar refractivity (Wildman–Crippen MR) is 76.9 cm³/mol. The van der Waals surface area contributed by atoms with Crippen LogP contribution in [0.1, 0.15) is 34.1 Å². The minimum absolute atomic E-state index is 0.390. The molecule has 0 aromatic rings. The van der Waals surface area contributed by atoms with Crippen LogP contribution in [0.4, 0.5) is 0 Å². The SMILES string of the molecule is COC(=O)C(C)CS(=O)(=O)C(C)C(=O)NCCC(C)C. The Morgan fingerprint density at radius 2 is 1.70 bits per heavy atom. The predicted octanol–water partition coefficient (Wildman–Crippen LogP) is 0.761. The lowest BCUT2D eigenvalue weighted by molar-refractivity contribution is -0.144. The van der Waals surface area contributed by atoms with Crippen LogP contribution in [0.15, 0.2) is 0 Å². The highest BCUT2D eigenvalue weighted by Crippen LogP contribution is 2.10. The second-order valence-electron chi connectivity index (χ2n) is 5.37. The molecular weight excluding hydrogens is 282 g/mol. The first kappa shape index (κ1) is 18.9. The summed E-state index contributed by atoms with van der Waals surface area (Å²) in [5, 5.41) is 1.44. The van der Waals surface area contributed by atoms with E-state index in [1.807, 2.05) is 13.8 Å². The number of carbonyl (C=O) groups excluding carboxylic acids is 2. The lowest BCUT2D eigenvalue weighted by atomic mass is 10.1. The Morgan fingerprint density at radius 3 is 2.15 bits per heavy atom. The molecule has 0 radical (unpaired) electrons. The van der Waals surface area contributed by atoms with Gasteiger partial charge < -0.3 is 10.1 Å². The van der Waals surface area contributed by atoms with Crippen molar-refractivity contribution in [3.63, 3.8) is 0 Å². The monoisotopic (exact) mass is 307 g/mol. The van der Waals surface area contributed by atoms with Crippen LogP contribution >= 0.6 is 0 Å². The van der Waals surface area contributed by atoms with Crippen molar-refractivity contribution < 1.29 is 22.7 Å². The highest BCUT2D eigenvalue weighted by atomic mass is 32.2. The fraction of sp³-hybridized carbons (Fsp3) is 0.846. The Bertz CT molecular complexity index is 430. The molecule has 0 heterocycles. The van der Waals surface area contributed by atoms with Crippen LogP contribution in [-0.4, -0.2) is 45.0 Å². The molecule has 0 spiro atoms. The van der Waals surface area contributed by atoms with E-state index in [2.05, 4.69) is 10.1 Å². The molecule has 1 N–H and O–H groups in total. The molecule has 0 aromatic carbocycles. The summed E-state index contributed by atoms with van der Waals surface area (Å²) < 4.78 is 28.5. The highest BCUT2D eigenvalue weighted by molar-refractivity contribution is 7.92. The number of amides is 1. The third-order valence-electron chi connectivity index (χ3n) is 3.01. The minimum atomic E-state index is -3.68. The van der Waals surface area contributed by atoms with Crippen molar-refractivity contribution in [2.75, 3.05) is 19.4 Å². The standard InChI is InChI=1S/C13H25NO5S/c1-9(2)6-7-14-12(15)11(4)20(17,18)8-10(3)13(16)19-5/h9-11H,6-8H2,1-5H3,(H,14,15). The Hall–Kier alpha value is -1.11. The second kappa shape index (κ2) is 8.24. The first-order valence-electron chi connectivity index (χ1n) is 6.69. The van der Waals surface area contributed by atoms with Gasteiger partial charge in [-0.05, 0) is 19.3 Å². The van der Waals surface area contributed by atoms with Crippen LogP contribution in [0.25, 0.3) is 0 Å². The zero-order valence-corrected chi connectivity index (χ0v) is 13.6. The van der Waals surface area contributed by atoms with Gasteiger partial charge in [0.25, 0.3) is 0 Å². The van der Waals surface area contributed by atoms with Gasteiger partial charge in [0.05, 0.1) is 18.8 Å². The van der Waals surface area contributed by atoms with E-state index in [4.69, 9.17) is 0 Å². The van der Waals surface area contributed by atoms with Gasteiger partial charge in [-0.15, -0.1) is 0 Å². The highest BCUT2D eigenvalue weighted by Gasteiger charge is 2.31. The van der Waals surface area contributed by atoms with Gasteiger partial charge in [-0.2, -0.15) is 0 Å². The van der Waals surface area contributed by atoms with Crippen LogP contribution in [0.2, 0.25) is 0 Å². The van der Waals surface area contributed by atoms with E-state index < -0.39 is 38.6 Å². The quantitative estimate of drug-likeness (QED) is 0.669. The first-order valence-corrected chi connectivity index (χ1v) is 8.40. The molecule has 7 heteroatoms. The Morgan fingerprint density at radius 1 is 1.15 bits per heavy atom. The fourth-order valence-electron chi connectivity index (χ4n) is 1.55. The molecule has 0 bridgehead atoms. The van der Waals surface area contributed by atoms with Gasteiger partial charge in [0, 0.05) is 6.54 Å². The normalized spacial score (nSPS) is 14.7. The Labute approximate surface area is 121 Å². The van der Waals surface area contributed by atoms with Gasteiger partial charge in [-0.1, -0.05) is 20.8 Å². The van der Waals surface area contributed by atoms with Gasteiger partial charge >= 0.3 is 5.97 Å². The summed E-state index contributed by atoms with van der Waals surface area (Å²) >= 11 is 0. The number of ether oxygens (including phenoxy) is 1. The number of hydrogen-bond acceptors (Lipinski definition) is 5. The van der Waals surface area contributed by atoms with Crippen LogP contribution in [0, 0.1) is 11.8 Å². The average Bonchev–Trinajstić information content (AvgIpc) is 2.35. The van der Waals surface area contributed by atoms with Crippen LogP contribution in [-0.2, 0) is 24.2 Å². The summed E-state index contributed by atoms with van der Waals surface area (Å²) in [6, 6.07) is 0. The summed E-state index contributed by atoms with van der Waals surface area (Å²) in [6.07, 6.45) is 0.789. The van der Waals surface area contributed by atoms with Gasteiger partial charge in [0.1, 0.15) is 5.25 Å². The summed E-state index contributed by atoms with van der Waals surface area (Å²) in [6.45, 7) is 7.29. The minimum Gasteiger partial charge on any atom is -0.469 e. The molecular formula is C13H25NO5S. The molecule has 0 aliphatic heterocycles. The van der Waals surface area contributed by atoms with E-state index in [1.54, 1.807) is 0 Å². The third-order valence-corrected chi connectivity index (χ3v) is 5.27. The smallest absolute Gasteiger partial charge is 0.309 e. The Balaban J connectivity index is 4.53. The van der Waals surface area contributed by atoms with Gasteiger partial charge in [0.2, 0.25) is 5.91 Å². The Kier molecular flexibility index (Phi) is 7.78. The van der Waals surface area contributed by atoms with Crippen LogP contribution in [0.5, 0.6) is 0 Å². The largest absolute Gasteiger partial charge is 0.469 e. The molecule has 0 aliphatic rings. The molecule has 2 unspecified atom stereocenters. The molecule has 2 atom stereocenters. The number of nitrogens with one attached hydrogen (secondary N) is 1. The van der Waals surface area contributed by atoms with Crippen molar-refractivity contribution in [1.29, 1.82) is 0 Å². The second-order valence-corrected chi connectivity index (χ2v) is 7.74. The summed E-state index contributed by atoms with van der Waals surface area (Å²) in [7, 11) is -2.48. The molecule has 118 valence electrons. The maximum Gasteiger partial charge on any atom is 0.309 e. The molecule has 20 heavy (non-hydrogen) atoms. The maximum atomic E-state index is 12.0. The number of sulfone groups is 1. The zero-order valence-electron chi connectivity index (χ0n) is 12.8. The zero-order chi connectivity index (χ0) is 15.9. The summed E-state index contributed by atoms with van der Waals surface area (Å²) in [5.41, 5.74) is 0. The van der Waals surface area contributed by atoms with E-state index >= 15 is 0 Å². The number of methoxy groups -OCH3 is 1. The van der Waals surface area contributed by atoms with E-state index in [0.29, 0.717) is 12.5 Å². The number of esters is 1. The fourth-order valence-corrected chi connectivity index (χ4v) is 3.08. The van der Waals surface area contributed by atoms with Crippen molar-refractivity contribution in [2.45, 2.75) is 39.4 Å². The number of hydrogen-bond donors (Lipinski definition) is 1. The van der Waals surface area contributed by atoms with Crippen molar-refractivity contribution in [2.24, 2.45) is 11.8 Å².